The van der Waals surface area contributed by atoms with Crippen LogP contribution in [-0.2, 0) is 0 Å². The highest BCUT2D eigenvalue weighted by molar-refractivity contribution is 5.66. The van der Waals surface area contributed by atoms with E-state index in [0.717, 1.165) is 18.5 Å². The molecule has 2 aromatic carbocycles. The fraction of sp³-hybridized carbons (Fsp3) is 0.120. The van der Waals surface area contributed by atoms with Crippen molar-refractivity contribution >= 4 is 17.8 Å². The Balaban J connectivity index is 1.76. The lowest BCUT2D eigenvalue weighted by molar-refractivity contribution is 0.838. The summed E-state index contributed by atoms with van der Waals surface area (Å²) >= 11 is 0. The summed E-state index contributed by atoms with van der Waals surface area (Å²) in [6.07, 6.45) is 19.0. The minimum Gasteiger partial charge on any atom is -0.405 e. The second-order valence-electron chi connectivity index (χ2n) is 7.01. The van der Waals surface area contributed by atoms with Crippen LogP contribution in [0.4, 0.5) is 5.69 Å². The number of hydrogen-bond donors (Lipinski definition) is 2. The standard InChI is InChI=1S/C25H24N2/c26-15-14-25(20-4-2-1-3-5-20)22-9-7-19-6-8-21(16-23(19)17-22)18-10-12-24(27)13-11-18/h1-4,6-8,10-17,22H,5,9,26-27H2/b15-14-,25-20+. The van der Waals surface area contributed by atoms with Crippen molar-refractivity contribution in [3.05, 3.63) is 101 Å². The van der Waals surface area contributed by atoms with Crippen LogP contribution in [0.1, 0.15) is 12.8 Å². The molecule has 2 aliphatic carbocycles. The summed E-state index contributed by atoms with van der Waals surface area (Å²) in [5.74, 6) is 0.338. The maximum Gasteiger partial charge on any atom is 0.0314 e. The predicted octanol–water partition coefficient (Wildman–Crippen LogP) is 3.80. The molecule has 134 valence electrons. The fourth-order valence-corrected chi connectivity index (χ4v) is 3.82. The second-order valence-corrected chi connectivity index (χ2v) is 7.01. The van der Waals surface area contributed by atoms with Crippen LogP contribution in [0.2, 0.25) is 0 Å². The minimum atomic E-state index is 0.338. The smallest absolute Gasteiger partial charge is 0.0314 e. The van der Waals surface area contributed by atoms with Gasteiger partial charge in [-0.2, -0.15) is 0 Å². The largest absolute Gasteiger partial charge is 0.405 e. The first-order chi connectivity index (χ1) is 13.2. The van der Waals surface area contributed by atoms with Crippen LogP contribution in [-0.4, -0.2) is 0 Å². The Morgan fingerprint density at radius 3 is 2.52 bits per heavy atom. The molecule has 2 heteroatoms. The van der Waals surface area contributed by atoms with Crippen LogP contribution < -0.4 is 21.9 Å². The van der Waals surface area contributed by atoms with Crippen molar-refractivity contribution in [3.8, 4) is 11.1 Å². The van der Waals surface area contributed by atoms with Crippen molar-refractivity contribution in [3.63, 3.8) is 0 Å². The summed E-state index contributed by atoms with van der Waals surface area (Å²) in [5.41, 5.74) is 17.4. The highest BCUT2D eigenvalue weighted by Gasteiger charge is 2.15. The molecule has 2 nitrogen and oxygen atoms in total. The first kappa shape index (κ1) is 17.2. The monoisotopic (exact) mass is 352 g/mol. The number of anilines is 1. The van der Waals surface area contributed by atoms with E-state index in [9.17, 15) is 0 Å². The van der Waals surface area contributed by atoms with Gasteiger partial charge in [-0.05, 0) is 76.0 Å². The summed E-state index contributed by atoms with van der Waals surface area (Å²) < 4.78 is 0. The third kappa shape index (κ3) is 3.65. The van der Waals surface area contributed by atoms with Crippen LogP contribution in [0.5, 0.6) is 0 Å². The number of benzene rings is 2. The van der Waals surface area contributed by atoms with Crippen LogP contribution in [0, 0.1) is 5.92 Å². The summed E-state index contributed by atoms with van der Waals surface area (Å²) in [4.78, 5) is 0. The Kier molecular flexibility index (Phi) is 4.80. The van der Waals surface area contributed by atoms with Crippen molar-refractivity contribution < 1.29 is 0 Å². The highest BCUT2D eigenvalue weighted by Crippen LogP contribution is 2.28. The van der Waals surface area contributed by atoms with Gasteiger partial charge in [0.2, 0.25) is 0 Å². The van der Waals surface area contributed by atoms with Crippen LogP contribution >= 0.6 is 0 Å². The van der Waals surface area contributed by atoms with Gasteiger partial charge in [0, 0.05) is 11.6 Å². The third-order valence-electron chi connectivity index (χ3n) is 5.23. The molecule has 0 spiro atoms. The van der Waals surface area contributed by atoms with E-state index >= 15 is 0 Å². The molecule has 0 amide bonds. The van der Waals surface area contributed by atoms with Gasteiger partial charge in [-0.1, -0.05) is 60.7 Å². The number of nitrogens with two attached hydrogens (primary N) is 2. The van der Waals surface area contributed by atoms with E-state index in [2.05, 4.69) is 72.9 Å². The van der Waals surface area contributed by atoms with Gasteiger partial charge in [-0.15, -0.1) is 0 Å². The average molecular weight is 352 g/mol. The van der Waals surface area contributed by atoms with Gasteiger partial charge in [0.05, 0.1) is 0 Å². The van der Waals surface area contributed by atoms with Gasteiger partial charge in [0.1, 0.15) is 0 Å². The summed E-state index contributed by atoms with van der Waals surface area (Å²) in [7, 11) is 0. The number of allylic oxidation sites excluding steroid dienone is 7. The lowest BCUT2D eigenvalue weighted by Gasteiger charge is -2.20. The van der Waals surface area contributed by atoms with Gasteiger partial charge in [0.15, 0.2) is 0 Å². The second kappa shape index (κ2) is 7.55. The zero-order valence-corrected chi connectivity index (χ0v) is 15.3. The van der Waals surface area contributed by atoms with Gasteiger partial charge >= 0.3 is 0 Å². The van der Waals surface area contributed by atoms with Crippen molar-refractivity contribution in [1.82, 2.24) is 0 Å². The quantitative estimate of drug-likeness (QED) is 0.826. The van der Waals surface area contributed by atoms with Crippen molar-refractivity contribution in [2.24, 2.45) is 11.7 Å². The van der Waals surface area contributed by atoms with Crippen molar-refractivity contribution in [2.75, 3.05) is 5.73 Å². The third-order valence-corrected chi connectivity index (χ3v) is 5.23. The maximum absolute atomic E-state index is 5.82. The molecule has 0 saturated heterocycles. The Labute approximate surface area is 160 Å². The first-order valence-electron chi connectivity index (χ1n) is 9.37. The van der Waals surface area contributed by atoms with E-state index in [1.54, 1.807) is 6.20 Å². The Hall–Kier alpha value is -3.26. The van der Waals surface area contributed by atoms with Gasteiger partial charge < -0.3 is 11.5 Å². The molecule has 27 heavy (non-hydrogen) atoms. The van der Waals surface area contributed by atoms with E-state index in [4.69, 9.17) is 11.5 Å². The molecule has 2 aromatic rings. The van der Waals surface area contributed by atoms with Gasteiger partial charge in [0.25, 0.3) is 0 Å². The molecule has 2 aliphatic rings. The molecule has 0 heterocycles. The molecule has 0 bridgehead atoms. The fourth-order valence-electron chi connectivity index (χ4n) is 3.82. The Morgan fingerprint density at radius 2 is 1.78 bits per heavy atom. The Morgan fingerprint density at radius 1 is 0.963 bits per heavy atom. The minimum absolute atomic E-state index is 0.338. The molecule has 1 unspecified atom stereocenters. The lowest BCUT2D eigenvalue weighted by Crippen LogP contribution is -2.29. The van der Waals surface area contributed by atoms with Gasteiger partial charge in [-0.3, -0.25) is 0 Å². The molecule has 0 aliphatic heterocycles. The molecule has 4 rings (SSSR count). The van der Waals surface area contributed by atoms with Crippen LogP contribution in [0.25, 0.3) is 23.3 Å². The molecule has 4 N–H and O–H groups in total. The van der Waals surface area contributed by atoms with Crippen LogP contribution in [0.15, 0.2) is 90.2 Å². The van der Waals surface area contributed by atoms with E-state index < -0.39 is 0 Å². The van der Waals surface area contributed by atoms with Crippen molar-refractivity contribution in [2.45, 2.75) is 12.8 Å². The average Bonchev–Trinajstić information content (AvgIpc) is 2.72. The molecule has 0 saturated carbocycles. The molecule has 0 fully saturated rings. The maximum atomic E-state index is 5.82. The SMILES string of the molecule is N/C=C\C(=C1\C=CC=CC1)C1C=c2cc(-c3ccc(N)cc3)ccc2=CC1. The first-order valence-corrected chi connectivity index (χ1v) is 9.37. The zero-order chi connectivity index (χ0) is 18.6. The number of hydrogen-bond acceptors (Lipinski definition) is 2. The molecule has 0 aromatic heterocycles. The number of rotatable bonds is 3. The Bertz CT molecular complexity index is 1080. The summed E-state index contributed by atoms with van der Waals surface area (Å²) in [5, 5.41) is 2.57. The predicted molar refractivity (Wildman–Crippen MR) is 116 cm³/mol. The van der Waals surface area contributed by atoms with E-state index in [0.29, 0.717) is 5.92 Å². The summed E-state index contributed by atoms with van der Waals surface area (Å²) in [6, 6.07) is 14.7. The van der Waals surface area contributed by atoms with Gasteiger partial charge in [-0.25, -0.2) is 0 Å². The summed E-state index contributed by atoms with van der Waals surface area (Å²) in [6.45, 7) is 0. The molecular formula is C25H24N2. The zero-order valence-electron chi connectivity index (χ0n) is 15.3. The van der Waals surface area contributed by atoms with E-state index in [-0.39, 0.29) is 0 Å². The highest BCUT2D eigenvalue weighted by atomic mass is 14.5. The van der Waals surface area contributed by atoms with Crippen LogP contribution in [0.3, 0.4) is 0 Å². The molecule has 1 atom stereocenters. The topological polar surface area (TPSA) is 52.0 Å². The van der Waals surface area contributed by atoms with Crippen molar-refractivity contribution in [1.29, 1.82) is 0 Å². The lowest BCUT2D eigenvalue weighted by atomic mass is 9.85. The molecular weight excluding hydrogens is 328 g/mol. The normalized spacial score (nSPS) is 20.1. The molecule has 0 radical (unpaired) electrons. The number of fused-ring (bicyclic) bond motifs is 1. The van der Waals surface area contributed by atoms with E-state index in [1.165, 1.54) is 32.7 Å². The van der Waals surface area contributed by atoms with E-state index in [1.807, 2.05) is 12.1 Å². The number of nitrogen functional groups attached to an aromatic ring is 1.